The molecule has 2 heterocycles. The lowest BCUT2D eigenvalue weighted by atomic mass is 9.92. The van der Waals surface area contributed by atoms with Crippen LogP contribution in [0.3, 0.4) is 0 Å². The molecule has 1 aromatic heterocycles. The van der Waals surface area contributed by atoms with Gasteiger partial charge in [-0.05, 0) is 42.0 Å². The van der Waals surface area contributed by atoms with Crippen LogP contribution in [0.2, 0.25) is 0 Å². The Hall–Kier alpha value is -2.70. The molecule has 1 aliphatic rings. The quantitative estimate of drug-likeness (QED) is 0.690. The highest BCUT2D eigenvalue weighted by atomic mass is 16.5. The predicted molar refractivity (Wildman–Crippen MR) is 109 cm³/mol. The molecule has 1 fully saturated rings. The van der Waals surface area contributed by atoms with Crippen molar-refractivity contribution < 1.29 is 9.53 Å². The molecule has 0 radical (unpaired) electrons. The highest BCUT2D eigenvalue weighted by Crippen LogP contribution is 2.18. The Morgan fingerprint density at radius 3 is 2.82 bits per heavy atom. The third kappa shape index (κ3) is 4.24. The first-order valence-corrected chi connectivity index (χ1v) is 9.79. The number of para-hydroxylation sites is 2. The maximum atomic E-state index is 12.4. The highest BCUT2D eigenvalue weighted by Gasteiger charge is 2.26. The maximum Gasteiger partial charge on any atom is 0.237 e. The van der Waals surface area contributed by atoms with Crippen molar-refractivity contribution in [1.82, 2.24) is 14.9 Å². The molecule has 1 amide bonds. The molecule has 146 valence electrons. The van der Waals surface area contributed by atoms with Crippen molar-refractivity contribution in [1.29, 1.82) is 0 Å². The number of fused-ring (bicyclic) bond motifs is 1. The number of nitrogens with one attached hydrogen (secondary N) is 1. The van der Waals surface area contributed by atoms with Crippen LogP contribution < -0.4 is 11.1 Å². The van der Waals surface area contributed by atoms with Crippen LogP contribution in [0.4, 0.5) is 0 Å². The third-order valence-corrected chi connectivity index (χ3v) is 5.41. The van der Waals surface area contributed by atoms with Crippen LogP contribution in [0.5, 0.6) is 0 Å². The van der Waals surface area contributed by atoms with E-state index in [4.69, 9.17) is 10.5 Å². The van der Waals surface area contributed by atoms with E-state index in [9.17, 15) is 4.79 Å². The highest BCUT2D eigenvalue weighted by molar-refractivity contribution is 5.81. The normalized spacial score (nSPS) is 16.2. The number of ether oxygens (including phenoxy) is 1. The van der Waals surface area contributed by atoms with Gasteiger partial charge < -0.3 is 20.4 Å². The van der Waals surface area contributed by atoms with Gasteiger partial charge in [-0.2, -0.15) is 0 Å². The molecule has 28 heavy (non-hydrogen) atoms. The minimum absolute atomic E-state index is 0.0853. The van der Waals surface area contributed by atoms with Crippen molar-refractivity contribution in [2.24, 2.45) is 11.7 Å². The van der Waals surface area contributed by atoms with Gasteiger partial charge in [0.25, 0.3) is 0 Å². The van der Waals surface area contributed by atoms with Crippen molar-refractivity contribution in [2.75, 3.05) is 13.2 Å². The van der Waals surface area contributed by atoms with Crippen molar-refractivity contribution >= 4 is 16.9 Å². The predicted octanol–water partition coefficient (Wildman–Crippen LogP) is 2.45. The molecule has 0 bridgehead atoms. The zero-order valence-electron chi connectivity index (χ0n) is 15.9. The minimum Gasteiger partial charge on any atom is -0.381 e. The largest absolute Gasteiger partial charge is 0.381 e. The van der Waals surface area contributed by atoms with Crippen LogP contribution >= 0.6 is 0 Å². The van der Waals surface area contributed by atoms with Gasteiger partial charge in [-0.1, -0.05) is 36.4 Å². The third-order valence-electron chi connectivity index (χ3n) is 5.41. The number of aromatic nitrogens is 2. The molecule has 4 rings (SSSR count). The summed E-state index contributed by atoms with van der Waals surface area (Å²) in [6, 6.07) is 15.9. The summed E-state index contributed by atoms with van der Waals surface area (Å²) in [5.41, 5.74) is 10.5. The van der Waals surface area contributed by atoms with E-state index < -0.39 is 6.04 Å². The van der Waals surface area contributed by atoms with Gasteiger partial charge in [-0.15, -0.1) is 0 Å². The number of carbonyl (C=O) groups excluding carboxylic acids is 1. The summed E-state index contributed by atoms with van der Waals surface area (Å²) in [6.45, 7) is 2.60. The maximum absolute atomic E-state index is 12.4. The second-order valence-corrected chi connectivity index (χ2v) is 7.37. The van der Waals surface area contributed by atoms with Crippen LogP contribution in [-0.4, -0.2) is 34.7 Å². The van der Waals surface area contributed by atoms with E-state index in [0.29, 0.717) is 19.8 Å². The number of amides is 1. The summed E-state index contributed by atoms with van der Waals surface area (Å²) in [5.74, 6) is 0.118. The van der Waals surface area contributed by atoms with Crippen molar-refractivity contribution in [3.8, 4) is 0 Å². The fourth-order valence-electron chi connectivity index (χ4n) is 3.77. The first-order valence-electron chi connectivity index (χ1n) is 9.79. The minimum atomic E-state index is -0.468. The van der Waals surface area contributed by atoms with Gasteiger partial charge in [-0.3, -0.25) is 4.79 Å². The molecular formula is C22H26N4O2. The van der Waals surface area contributed by atoms with Crippen molar-refractivity contribution in [3.05, 3.63) is 66.0 Å². The number of hydrogen-bond donors (Lipinski definition) is 2. The molecule has 6 nitrogen and oxygen atoms in total. The molecule has 0 aliphatic carbocycles. The number of rotatable bonds is 6. The SMILES string of the molecule is NC(C(=O)NCc1cccc(Cn2cnc3ccccc32)c1)C1CCOCC1. The Kier molecular flexibility index (Phi) is 5.69. The summed E-state index contributed by atoms with van der Waals surface area (Å²) < 4.78 is 7.48. The second-order valence-electron chi connectivity index (χ2n) is 7.37. The molecule has 6 heteroatoms. The van der Waals surface area contributed by atoms with Gasteiger partial charge in [0.15, 0.2) is 0 Å². The molecule has 0 saturated carbocycles. The summed E-state index contributed by atoms with van der Waals surface area (Å²) >= 11 is 0. The first kappa shape index (κ1) is 18.7. The number of carbonyl (C=O) groups is 1. The lowest BCUT2D eigenvalue weighted by Gasteiger charge is -2.26. The molecule has 1 saturated heterocycles. The summed E-state index contributed by atoms with van der Waals surface area (Å²) in [7, 11) is 0. The van der Waals surface area contributed by atoms with Crippen LogP contribution in [0.25, 0.3) is 11.0 Å². The Morgan fingerprint density at radius 1 is 1.18 bits per heavy atom. The van der Waals surface area contributed by atoms with Gasteiger partial charge in [-0.25, -0.2) is 4.98 Å². The Bertz CT molecular complexity index is 946. The van der Waals surface area contributed by atoms with Crippen LogP contribution in [0, 0.1) is 5.92 Å². The van der Waals surface area contributed by atoms with Gasteiger partial charge in [0.05, 0.1) is 23.4 Å². The fourth-order valence-corrected chi connectivity index (χ4v) is 3.77. The number of benzene rings is 2. The molecule has 0 spiro atoms. The standard InChI is InChI=1S/C22H26N4O2/c23-21(18-8-10-28-11-9-18)22(27)24-13-16-4-3-5-17(12-16)14-26-15-25-19-6-1-2-7-20(19)26/h1-7,12,15,18,21H,8-11,13-14,23H2,(H,24,27). The van der Waals surface area contributed by atoms with Crippen LogP contribution in [0.15, 0.2) is 54.9 Å². The first-order chi connectivity index (χ1) is 13.7. The van der Waals surface area contributed by atoms with E-state index in [2.05, 4.69) is 33.1 Å². The number of nitrogens with two attached hydrogens (primary N) is 1. The van der Waals surface area contributed by atoms with Gasteiger partial charge in [0.2, 0.25) is 5.91 Å². The molecule has 1 atom stereocenters. The molecule has 3 N–H and O–H groups in total. The van der Waals surface area contributed by atoms with E-state index in [0.717, 1.165) is 36.0 Å². The lowest BCUT2D eigenvalue weighted by Crippen LogP contribution is -2.46. The number of imidazole rings is 1. The molecule has 2 aromatic carbocycles. The Balaban J connectivity index is 1.37. The van der Waals surface area contributed by atoms with Crippen molar-refractivity contribution in [2.45, 2.75) is 32.0 Å². The van der Waals surface area contributed by atoms with E-state index in [1.54, 1.807) is 0 Å². The van der Waals surface area contributed by atoms with E-state index in [-0.39, 0.29) is 11.8 Å². The summed E-state index contributed by atoms with van der Waals surface area (Å²) in [5, 5.41) is 2.99. The molecular weight excluding hydrogens is 352 g/mol. The molecule has 1 unspecified atom stereocenters. The van der Waals surface area contributed by atoms with Gasteiger partial charge in [0.1, 0.15) is 0 Å². The average Bonchev–Trinajstić information content (AvgIpc) is 3.15. The summed E-state index contributed by atoms with van der Waals surface area (Å²) in [6.07, 6.45) is 3.57. The average molecular weight is 378 g/mol. The fraction of sp³-hybridized carbons (Fsp3) is 0.364. The zero-order valence-corrected chi connectivity index (χ0v) is 15.9. The van der Waals surface area contributed by atoms with Gasteiger partial charge >= 0.3 is 0 Å². The summed E-state index contributed by atoms with van der Waals surface area (Å²) in [4.78, 5) is 16.9. The van der Waals surface area contributed by atoms with Gasteiger partial charge in [0, 0.05) is 26.3 Å². The van der Waals surface area contributed by atoms with Crippen LogP contribution in [0.1, 0.15) is 24.0 Å². The number of hydrogen-bond acceptors (Lipinski definition) is 4. The number of nitrogens with zero attached hydrogens (tertiary/aromatic N) is 2. The van der Waals surface area contributed by atoms with Crippen LogP contribution in [-0.2, 0) is 22.6 Å². The Labute approximate surface area is 164 Å². The van der Waals surface area contributed by atoms with E-state index in [1.807, 2.05) is 36.7 Å². The van der Waals surface area contributed by atoms with Crippen molar-refractivity contribution in [3.63, 3.8) is 0 Å². The molecule has 3 aromatic rings. The second kappa shape index (κ2) is 8.54. The zero-order chi connectivity index (χ0) is 19.3. The monoisotopic (exact) mass is 378 g/mol. The topological polar surface area (TPSA) is 82.2 Å². The molecule has 1 aliphatic heterocycles. The smallest absolute Gasteiger partial charge is 0.237 e. The van der Waals surface area contributed by atoms with E-state index in [1.165, 1.54) is 5.56 Å². The van der Waals surface area contributed by atoms with E-state index >= 15 is 0 Å². The Morgan fingerprint density at radius 2 is 1.96 bits per heavy atom. The lowest BCUT2D eigenvalue weighted by molar-refractivity contribution is -0.124.